The number of aldehydes is 1. The van der Waals surface area contributed by atoms with Crippen molar-refractivity contribution in [3.8, 4) is 11.1 Å². The standard InChI is InChI=1S/C18H13ClN2O2/c19-13-3-1-11(2-4-13)15-7-12-8-20-9-17(23)21-6-5-14(18(12)21)16(15)10-22/h1-7,10,20H,8-9H2. The van der Waals surface area contributed by atoms with Gasteiger partial charge in [0.1, 0.15) is 0 Å². The number of hydrogen-bond donors (Lipinski definition) is 1. The van der Waals surface area contributed by atoms with Crippen molar-refractivity contribution in [2.75, 3.05) is 6.54 Å². The predicted molar refractivity (Wildman–Crippen MR) is 90.1 cm³/mol. The molecule has 1 N–H and O–H groups in total. The van der Waals surface area contributed by atoms with Crippen molar-refractivity contribution in [1.82, 2.24) is 9.88 Å². The summed E-state index contributed by atoms with van der Waals surface area (Å²) in [5.41, 5.74) is 4.21. The summed E-state index contributed by atoms with van der Waals surface area (Å²) < 4.78 is 1.63. The van der Waals surface area contributed by atoms with Crippen molar-refractivity contribution in [2.24, 2.45) is 0 Å². The van der Waals surface area contributed by atoms with E-state index in [-0.39, 0.29) is 12.5 Å². The lowest BCUT2D eigenvalue weighted by atomic mass is 9.94. The van der Waals surface area contributed by atoms with Gasteiger partial charge in [-0.1, -0.05) is 23.7 Å². The summed E-state index contributed by atoms with van der Waals surface area (Å²) in [6, 6.07) is 11.2. The van der Waals surface area contributed by atoms with Gasteiger partial charge in [0.15, 0.2) is 6.29 Å². The molecule has 0 spiro atoms. The molecule has 5 heteroatoms. The lowest BCUT2D eigenvalue weighted by molar-refractivity contribution is 0.0919. The predicted octanol–water partition coefficient (Wildman–Crippen LogP) is 3.52. The second-order valence-corrected chi connectivity index (χ2v) is 6.00. The van der Waals surface area contributed by atoms with Crippen LogP contribution in [0.15, 0.2) is 42.6 Å². The molecule has 4 nitrogen and oxygen atoms in total. The van der Waals surface area contributed by atoms with Gasteiger partial charge >= 0.3 is 0 Å². The number of hydrogen-bond acceptors (Lipinski definition) is 3. The number of aromatic nitrogens is 1. The van der Waals surface area contributed by atoms with Crippen molar-refractivity contribution < 1.29 is 9.59 Å². The first-order valence-electron chi connectivity index (χ1n) is 7.31. The molecule has 0 atom stereocenters. The lowest BCUT2D eigenvalue weighted by Crippen LogP contribution is -2.23. The van der Waals surface area contributed by atoms with Crippen LogP contribution >= 0.6 is 11.6 Å². The molecule has 1 aromatic heterocycles. The van der Waals surface area contributed by atoms with Crippen LogP contribution < -0.4 is 5.32 Å². The Morgan fingerprint density at radius 1 is 1.13 bits per heavy atom. The van der Waals surface area contributed by atoms with Crippen molar-refractivity contribution in [2.45, 2.75) is 6.54 Å². The van der Waals surface area contributed by atoms with Crippen LogP contribution in [0.5, 0.6) is 0 Å². The highest BCUT2D eigenvalue weighted by Gasteiger charge is 2.21. The first-order chi connectivity index (χ1) is 11.2. The fraction of sp³-hybridized carbons (Fsp3) is 0.111. The maximum absolute atomic E-state index is 12.1. The first kappa shape index (κ1) is 14.2. The van der Waals surface area contributed by atoms with Crippen LogP contribution in [-0.4, -0.2) is 23.3 Å². The monoisotopic (exact) mass is 324 g/mol. The average Bonchev–Trinajstić information content (AvgIpc) is 2.93. The molecule has 0 aliphatic carbocycles. The minimum Gasteiger partial charge on any atom is -0.304 e. The number of nitrogens with one attached hydrogen (secondary N) is 1. The fourth-order valence-corrected chi connectivity index (χ4v) is 3.30. The highest BCUT2D eigenvalue weighted by molar-refractivity contribution is 6.30. The smallest absolute Gasteiger partial charge is 0.245 e. The average molecular weight is 325 g/mol. The largest absolute Gasteiger partial charge is 0.304 e. The number of carbonyl (C=O) groups excluding carboxylic acids is 2. The van der Waals surface area contributed by atoms with Crippen LogP contribution in [0, 0.1) is 0 Å². The number of rotatable bonds is 2. The summed E-state index contributed by atoms with van der Waals surface area (Å²) in [5, 5.41) is 4.59. The minimum atomic E-state index is -0.0187. The topological polar surface area (TPSA) is 51.1 Å². The molecule has 0 amide bonds. The van der Waals surface area contributed by atoms with Gasteiger partial charge in [-0.15, -0.1) is 0 Å². The molecule has 0 fully saturated rings. The van der Waals surface area contributed by atoms with E-state index in [0.717, 1.165) is 33.9 Å². The number of halogens is 1. The molecule has 0 bridgehead atoms. The van der Waals surface area contributed by atoms with Crippen LogP contribution in [0.3, 0.4) is 0 Å². The molecule has 1 aliphatic heterocycles. The molecule has 23 heavy (non-hydrogen) atoms. The molecular formula is C18H13ClN2O2. The zero-order valence-electron chi connectivity index (χ0n) is 12.2. The zero-order valence-corrected chi connectivity index (χ0v) is 12.9. The minimum absolute atomic E-state index is 0.0187. The molecular weight excluding hydrogens is 312 g/mol. The van der Waals surface area contributed by atoms with Crippen molar-refractivity contribution in [3.63, 3.8) is 0 Å². The van der Waals surface area contributed by atoms with Crippen LogP contribution in [0.2, 0.25) is 5.02 Å². The lowest BCUT2D eigenvalue weighted by Gasteiger charge is -2.11. The zero-order chi connectivity index (χ0) is 16.0. The van der Waals surface area contributed by atoms with Gasteiger partial charge in [-0.05, 0) is 41.0 Å². The van der Waals surface area contributed by atoms with E-state index in [1.54, 1.807) is 22.9 Å². The molecule has 2 aromatic carbocycles. The Hall–Kier alpha value is -2.43. The summed E-state index contributed by atoms with van der Waals surface area (Å²) in [6.45, 7) is 0.872. The Bertz CT molecular complexity index is 942. The summed E-state index contributed by atoms with van der Waals surface area (Å²) in [5.74, 6) is -0.0187. The van der Waals surface area contributed by atoms with E-state index in [1.165, 1.54) is 0 Å². The first-order valence-corrected chi connectivity index (χ1v) is 7.69. The molecule has 0 saturated carbocycles. The van der Waals surface area contributed by atoms with Gasteiger partial charge < -0.3 is 5.32 Å². The molecule has 0 unspecified atom stereocenters. The highest BCUT2D eigenvalue weighted by Crippen LogP contribution is 2.34. The van der Waals surface area contributed by atoms with Gasteiger partial charge in [-0.25, -0.2) is 0 Å². The summed E-state index contributed by atoms with van der Waals surface area (Å²) in [7, 11) is 0. The molecule has 2 heterocycles. The van der Waals surface area contributed by atoms with E-state index in [0.29, 0.717) is 17.1 Å². The summed E-state index contributed by atoms with van der Waals surface area (Å²) in [4.78, 5) is 23.9. The van der Waals surface area contributed by atoms with E-state index < -0.39 is 0 Å². The second kappa shape index (κ2) is 5.33. The summed E-state index contributed by atoms with van der Waals surface area (Å²) >= 11 is 5.96. The molecule has 3 aromatic rings. The Labute approximate surface area is 137 Å². The molecule has 1 aliphatic rings. The van der Waals surface area contributed by atoms with E-state index in [1.807, 2.05) is 24.3 Å². The molecule has 0 radical (unpaired) electrons. The molecule has 0 saturated heterocycles. The van der Waals surface area contributed by atoms with E-state index in [4.69, 9.17) is 11.6 Å². The van der Waals surface area contributed by atoms with Gasteiger partial charge in [0, 0.05) is 28.7 Å². The Morgan fingerprint density at radius 3 is 2.65 bits per heavy atom. The van der Waals surface area contributed by atoms with Gasteiger partial charge in [0.05, 0.1) is 12.1 Å². The van der Waals surface area contributed by atoms with E-state index >= 15 is 0 Å². The van der Waals surface area contributed by atoms with E-state index in [2.05, 4.69) is 5.32 Å². The number of nitrogens with zero attached hydrogens (tertiary/aromatic N) is 1. The van der Waals surface area contributed by atoms with Crippen LogP contribution in [0.25, 0.3) is 22.0 Å². The number of benzene rings is 2. The molecule has 114 valence electrons. The second-order valence-electron chi connectivity index (χ2n) is 5.57. The Kier molecular flexibility index (Phi) is 3.29. The van der Waals surface area contributed by atoms with Crippen LogP contribution in [0.1, 0.15) is 20.7 Å². The Balaban J connectivity index is 2.06. The van der Waals surface area contributed by atoms with Crippen molar-refractivity contribution in [3.05, 3.63) is 58.7 Å². The van der Waals surface area contributed by atoms with Crippen molar-refractivity contribution in [1.29, 1.82) is 0 Å². The van der Waals surface area contributed by atoms with Crippen LogP contribution in [0.4, 0.5) is 0 Å². The summed E-state index contributed by atoms with van der Waals surface area (Å²) in [6.07, 6.45) is 2.60. The van der Waals surface area contributed by atoms with Crippen LogP contribution in [-0.2, 0) is 6.54 Å². The Morgan fingerprint density at radius 2 is 1.91 bits per heavy atom. The van der Waals surface area contributed by atoms with Gasteiger partial charge in [0.25, 0.3) is 0 Å². The third-order valence-corrected chi connectivity index (χ3v) is 4.47. The maximum Gasteiger partial charge on any atom is 0.245 e. The normalized spacial score (nSPS) is 14.0. The SMILES string of the molecule is O=Cc1c(-c2ccc(Cl)cc2)cc2c3c1ccn3C(=O)CNC2. The van der Waals surface area contributed by atoms with Gasteiger partial charge in [-0.3, -0.25) is 14.2 Å². The van der Waals surface area contributed by atoms with Crippen molar-refractivity contribution >= 4 is 34.7 Å². The quantitative estimate of drug-likeness (QED) is 0.734. The van der Waals surface area contributed by atoms with E-state index in [9.17, 15) is 9.59 Å². The highest BCUT2D eigenvalue weighted by atomic mass is 35.5. The third-order valence-electron chi connectivity index (χ3n) is 4.22. The fourth-order valence-electron chi connectivity index (χ4n) is 3.17. The maximum atomic E-state index is 12.1. The van der Waals surface area contributed by atoms with Gasteiger partial charge in [-0.2, -0.15) is 0 Å². The van der Waals surface area contributed by atoms with Gasteiger partial charge in [0.2, 0.25) is 5.91 Å². The molecule has 4 rings (SSSR count). The number of carbonyl (C=O) groups is 2. The third kappa shape index (κ3) is 2.19.